The Labute approximate surface area is 254 Å². The van der Waals surface area contributed by atoms with Gasteiger partial charge >= 0.3 is 0 Å². The molecule has 44 heavy (non-hydrogen) atoms. The van der Waals surface area contributed by atoms with Crippen molar-refractivity contribution in [1.29, 1.82) is 5.26 Å². The van der Waals surface area contributed by atoms with Crippen LogP contribution in [0.1, 0.15) is 66.1 Å². The first kappa shape index (κ1) is 27.7. The van der Waals surface area contributed by atoms with Crippen molar-refractivity contribution in [3.8, 4) is 17.3 Å². The van der Waals surface area contributed by atoms with E-state index in [2.05, 4.69) is 42.3 Å². The number of nitrogen functional groups attached to an aromatic ring is 1. The lowest BCUT2D eigenvalue weighted by Gasteiger charge is -2.41. The zero-order valence-electron chi connectivity index (χ0n) is 24.2. The van der Waals surface area contributed by atoms with E-state index in [1.807, 2.05) is 24.4 Å². The normalized spacial score (nSPS) is 22.5. The van der Waals surface area contributed by atoms with E-state index < -0.39 is 0 Å². The Bertz CT molecular complexity index is 1820. The summed E-state index contributed by atoms with van der Waals surface area (Å²) in [6, 6.07) is 12.5. The van der Waals surface area contributed by atoms with Gasteiger partial charge in [0.15, 0.2) is 0 Å². The average Bonchev–Trinajstić information content (AvgIpc) is 3.43. The molecule has 1 aliphatic carbocycles. The van der Waals surface area contributed by atoms with E-state index in [1.165, 1.54) is 12.3 Å². The van der Waals surface area contributed by atoms with Crippen LogP contribution in [-0.2, 0) is 4.79 Å². The van der Waals surface area contributed by atoms with E-state index in [0.717, 1.165) is 73.6 Å². The molecule has 2 aliphatic heterocycles. The molecule has 2 fully saturated rings. The van der Waals surface area contributed by atoms with Crippen LogP contribution < -0.4 is 16.4 Å². The number of nitrogens with zero attached hydrogens (tertiary/aromatic N) is 6. The van der Waals surface area contributed by atoms with Crippen LogP contribution in [0.15, 0.2) is 54.9 Å². The molecule has 0 radical (unpaired) electrons. The van der Waals surface area contributed by atoms with Crippen LogP contribution >= 0.6 is 0 Å². The summed E-state index contributed by atoms with van der Waals surface area (Å²) >= 11 is 0. The molecule has 4 N–H and O–H groups in total. The molecule has 222 valence electrons. The first-order valence-corrected chi connectivity index (χ1v) is 15.1. The average molecular weight is 588 g/mol. The Hall–Kier alpha value is -5.08. The number of nitriles is 1. The third-order valence-electron chi connectivity index (χ3n) is 8.99. The maximum atomic E-state index is 13.1. The van der Waals surface area contributed by atoms with Gasteiger partial charge < -0.3 is 16.4 Å². The van der Waals surface area contributed by atoms with Gasteiger partial charge in [-0.25, -0.2) is 9.97 Å². The quantitative estimate of drug-likeness (QED) is 0.321. The zero-order chi connectivity index (χ0) is 30.2. The van der Waals surface area contributed by atoms with E-state index >= 15 is 0 Å². The molecule has 2 amide bonds. The standard InChI is InChI=1S/C33H33N9O2/c34-18-20-11-13-36-27(16-20)39-32(43)22-9-7-21(8-10-22)29-28-30-23(19-37-31(28)35)4-1-2-14-41-15-12-26(41)33(44)38-24-5-3-6-25(17-24)42(30)40-29/h1,4,7-11,13,16,19,24-26H,2-3,5-6,12,14-15,17H2,(H2,35,37)(H,38,44)(H,36,39,43)/b4-1+/t24-,25-,26+/m1/s1. The smallest absolute Gasteiger partial charge is 0.256 e. The van der Waals surface area contributed by atoms with E-state index in [1.54, 1.807) is 18.2 Å². The molecule has 7 rings (SSSR count). The van der Waals surface area contributed by atoms with Crippen molar-refractivity contribution in [3.05, 3.63) is 71.6 Å². The number of anilines is 2. The first-order chi connectivity index (χ1) is 21.5. The summed E-state index contributed by atoms with van der Waals surface area (Å²) < 4.78 is 2.09. The molecule has 0 unspecified atom stereocenters. The van der Waals surface area contributed by atoms with Crippen LogP contribution in [0.4, 0.5) is 11.6 Å². The number of hydrogen-bond acceptors (Lipinski definition) is 8. The van der Waals surface area contributed by atoms with E-state index in [-0.39, 0.29) is 29.9 Å². The molecule has 3 aliphatic rings. The number of carbonyl (C=O) groups is 2. The second-order valence-corrected chi connectivity index (χ2v) is 11.7. The fourth-order valence-corrected chi connectivity index (χ4v) is 6.61. The number of nitrogens with two attached hydrogens (primary N) is 1. The van der Waals surface area contributed by atoms with Gasteiger partial charge in [-0.05, 0) is 62.8 Å². The van der Waals surface area contributed by atoms with Crippen molar-refractivity contribution in [2.45, 2.75) is 56.7 Å². The number of benzene rings is 1. The zero-order valence-corrected chi connectivity index (χ0v) is 24.2. The minimum absolute atomic E-state index is 0.0347. The Balaban J connectivity index is 1.25. The predicted octanol–water partition coefficient (Wildman–Crippen LogP) is 4.29. The molecule has 3 aromatic heterocycles. The van der Waals surface area contributed by atoms with Crippen molar-refractivity contribution in [1.82, 2.24) is 30.0 Å². The highest BCUT2D eigenvalue weighted by Crippen LogP contribution is 2.39. The van der Waals surface area contributed by atoms with Crippen molar-refractivity contribution in [3.63, 3.8) is 0 Å². The highest BCUT2D eigenvalue weighted by atomic mass is 16.2. The fraction of sp³-hybridized carbons (Fsp3) is 0.333. The number of nitrogens with one attached hydrogen (secondary N) is 2. The molecule has 3 atom stereocenters. The maximum Gasteiger partial charge on any atom is 0.256 e. The van der Waals surface area contributed by atoms with Crippen LogP contribution in [-0.4, -0.2) is 61.6 Å². The van der Waals surface area contributed by atoms with Gasteiger partial charge in [-0.3, -0.25) is 19.2 Å². The number of hydrogen-bond donors (Lipinski definition) is 3. The lowest BCUT2D eigenvalue weighted by molar-refractivity contribution is -0.131. The summed E-state index contributed by atoms with van der Waals surface area (Å²) in [7, 11) is 0. The number of pyridine rings is 2. The van der Waals surface area contributed by atoms with Crippen molar-refractivity contribution in [2.24, 2.45) is 0 Å². The van der Waals surface area contributed by atoms with E-state index in [4.69, 9.17) is 16.1 Å². The van der Waals surface area contributed by atoms with Crippen LogP contribution in [0.3, 0.4) is 0 Å². The SMILES string of the molecule is N#Cc1ccnc(NC(=O)c2ccc(-c3nn4c5c(cnc(N)c35)/C=C/CCN3CC[C@H]3C(=O)N[C@@H]3CCC[C@@H]4C3)cc2)c1. The molecule has 1 saturated heterocycles. The summed E-state index contributed by atoms with van der Waals surface area (Å²) in [5.41, 5.74) is 10.8. The molecular weight excluding hydrogens is 554 g/mol. The molecule has 4 aromatic rings. The van der Waals surface area contributed by atoms with Crippen LogP contribution in [0.2, 0.25) is 0 Å². The Kier molecular flexibility index (Phi) is 7.28. The maximum absolute atomic E-state index is 13.1. The molecular formula is C33H33N9O2. The van der Waals surface area contributed by atoms with E-state index in [9.17, 15) is 9.59 Å². The number of amides is 2. The summed E-state index contributed by atoms with van der Waals surface area (Å²) in [6.07, 6.45) is 13.0. The van der Waals surface area contributed by atoms with Gasteiger partial charge in [-0.15, -0.1) is 0 Å². The van der Waals surface area contributed by atoms with Crippen molar-refractivity contribution >= 4 is 40.4 Å². The van der Waals surface area contributed by atoms with Crippen LogP contribution in [0.25, 0.3) is 28.2 Å². The second-order valence-electron chi connectivity index (χ2n) is 11.7. The molecule has 1 aromatic carbocycles. The lowest BCUT2D eigenvalue weighted by atomic mass is 9.90. The summed E-state index contributed by atoms with van der Waals surface area (Å²) in [5.74, 6) is 0.514. The highest BCUT2D eigenvalue weighted by Gasteiger charge is 2.36. The third kappa shape index (κ3) is 5.18. The minimum Gasteiger partial charge on any atom is -0.383 e. The molecule has 11 nitrogen and oxygen atoms in total. The fourth-order valence-electron chi connectivity index (χ4n) is 6.61. The van der Waals surface area contributed by atoms with Crippen molar-refractivity contribution in [2.75, 3.05) is 24.1 Å². The van der Waals surface area contributed by atoms with Crippen molar-refractivity contribution < 1.29 is 9.59 Å². The van der Waals surface area contributed by atoms with Crippen LogP contribution in [0, 0.1) is 11.3 Å². The first-order valence-electron chi connectivity index (χ1n) is 15.1. The summed E-state index contributed by atoms with van der Waals surface area (Å²) in [6.45, 7) is 1.78. The molecule has 5 heterocycles. The number of aromatic nitrogens is 4. The number of rotatable bonds is 3. The highest BCUT2D eigenvalue weighted by molar-refractivity contribution is 6.06. The van der Waals surface area contributed by atoms with Gasteiger partial charge in [0.25, 0.3) is 5.91 Å². The Morgan fingerprint density at radius 2 is 1.98 bits per heavy atom. The van der Waals surface area contributed by atoms with Gasteiger partial charge in [0, 0.05) is 48.2 Å². The van der Waals surface area contributed by atoms with Gasteiger partial charge in [-0.1, -0.05) is 24.3 Å². The van der Waals surface area contributed by atoms with Crippen LogP contribution in [0.5, 0.6) is 0 Å². The topological polar surface area (TPSA) is 155 Å². The Morgan fingerprint density at radius 1 is 1.11 bits per heavy atom. The molecule has 2 bridgehead atoms. The molecule has 0 spiro atoms. The largest absolute Gasteiger partial charge is 0.383 e. The number of fused-ring (bicyclic) bond motifs is 4. The second kappa shape index (κ2) is 11.5. The van der Waals surface area contributed by atoms with Gasteiger partial charge in [0.1, 0.15) is 17.3 Å². The number of carbonyl (C=O) groups excluding carboxylic acids is 2. The third-order valence-corrected chi connectivity index (χ3v) is 8.99. The summed E-state index contributed by atoms with van der Waals surface area (Å²) in [5, 5.41) is 21.2. The van der Waals surface area contributed by atoms with E-state index in [0.29, 0.717) is 28.5 Å². The monoisotopic (exact) mass is 587 g/mol. The molecule has 11 heteroatoms. The molecule has 1 saturated carbocycles. The predicted molar refractivity (Wildman–Crippen MR) is 167 cm³/mol. The van der Waals surface area contributed by atoms with Gasteiger partial charge in [-0.2, -0.15) is 10.4 Å². The van der Waals surface area contributed by atoms with Gasteiger partial charge in [0.05, 0.1) is 34.6 Å². The lowest BCUT2D eigenvalue weighted by Crippen LogP contribution is -2.58. The van der Waals surface area contributed by atoms with Gasteiger partial charge in [0.2, 0.25) is 5.91 Å². The summed E-state index contributed by atoms with van der Waals surface area (Å²) in [4.78, 5) is 37.0. The minimum atomic E-state index is -0.333. The Morgan fingerprint density at radius 3 is 2.77 bits per heavy atom.